The standard InChI is InChI=1S/C17H17ClN2O2/c18-15-9-5-4-8-14(15)12-19-20-17(22)11-10-16(21)13-6-2-1-3-7-13/h1-9,12,16,21H,10-11H2,(H,20,22)/b19-12-/t16-/m1/s1. The number of carbonyl (C=O) groups excluding carboxylic acids is 1. The molecule has 0 saturated carbocycles. The van der Waals surface area contributed by atoms with Crippen LogP contribution in [0.4, 0.5) is 0 Å². The second-order valence-corrected chi connectivity index (χ2v) is 5.19. The number of aliphatic hydroxyl groups is 1. The molecule has 2 aromatic carbocycles. The lowest BCUT2D eigenvalue weighted by molar-refractivity contribution is -0.121. The summed E-state index contributed by atoms with van der Waals surface area (Å²) >= 11 is 5.97. The van der Waals surface area contributed by atoms with Gasteiger partial charge in [-0.15, -0.1) is 0 Å². The molecule has 22 heavy (non-hydrogen) atoms. The monoisotopic (exact) mass is 316 g/mol. The molecular weight excluding hydrogens is 300 g/mol. The molecule has 2 rings (SSSR count). The van der Waals surface area contributed by atoms with E-state index in [0.29, 0.717) is 11.4 Å². The molecule has 2 N–H and O–H groups in total. The molecule has 0 fully saturated rings. The Morgan fingerprint density at radius 1 is 1.18 bits per heavy atom. The van der Waals surface area contributed by atoms with Gasteiger partial charge in [0.05, 0.1) is 12.3 Å². The van der Waals surface area contributed by atoms with Crippen molar-refractivity contribution >= 4 is 23.7 Å². The molecule has 5 heteroatoms. The zero-order valence-corrected chi connectivity index (χ0v) is 12.7. The van der Waals surface area contributed by atoms with Gasteiger partial charge in [-0.2, -0.15) is 5.10 Å². The van der Waals surface area contributed by atoms with Crippen molar-refractivity contribution in [3.63, 3.8) is 0 Å². The summed E-state index contributed by atoms with van der Waals surface area (Å²) in [6, 6.07) is 16.5. The van der Waals surface area contributed by atoms with Gasteiger partial charge in [0.15, 0.2) is 0 Å². The number of rotatable bonds is 6. The van der Waals surface area contributed by atoms with Gasteiger partial charge in [-0.05, 0) is 18.1 Å². The second kappa shape index (κ2) is 8.32. The summed E-state index contributed by atoms with van der Waals surface area (Å²) in [4.78, 5) is 11.7. The highest BCUT2D eigenvalue weighted by atomic mass is 35.5. The highest BCUT2D eigenvalue weighted by Gasteiger charge is 2.09. The van der Waals surface area contributed by atoms with Crippen molar-refractivity contribution < 1.29 is 9.90 Å². The van der Waals surface area contributed by atoms with E-state index in [-0.39, 0.29) is 12.3 Å². The summed E-state index contributed by atoms with van der Waals surface area (Å²) in [7, 11) is 0. The lowest BCUT2D eigenvalue weighted by atomic mass is 10.1. The molecule has 114 valence electrons. The molecule has 1 amide bonds. The maximum Gasteiger partial charge on any atom is 0.240 e. The van der Waals surface area contributed by atoms with E-state index in [9.17, 15) is 9.90 Å². The van der Waals surface area contributed by atoms with Crippen molar-refractivity contribution in [2.45, 2.75) is 18.9 Å². The van der Waals surface area contributed by atoms with Crippen LogP contribution < -0.4 is 5.43 Å². The van der Waals surface area contributed by atoms with Gasteiger partial charge in [-0.3, -0.25) is 4.79 Å². The number of nitrogens with one attached hydrogen (secondary N) is 1. The number of amides is 1. The second-order valence-electron chi connectivity index (χ2n) is 4.78. The normalized spacial score (nSPS) is 12.3. The average Bonchev–Trinajstić information content (AvgIpc) is 2.55. The van der Waals surface area contributed by atoms with E-state index in [1.54, 1.807) is 12.1 Å². The zero-order valence-electron chi connectivity index (χ0n) is 11.9. The van der Waals surface area contributed by atoms with Gasteiger partial charge >= 0.3 is 0 Å². The first-order chi connectivity index (χ1) is 10.7. The van der Waals surface area contributed by atoms with Crippen LogP contribution >= 0.6 is 11.6 Å². The molecule has 0 unspecified atom stereocenters. The number of halogens is 1. The van der Waals surface area contributed by atoms with Gasteiger partial charge in [0.2, 0.25) is 5.91 Å². The first kappa shape index (κ1) is 16.2. The van der Waals surface area contributed by atoms with E-state index in [4.69, 9.17) is 11.6 Å². The summed E-state index contributed by atoms with van der Waals surface area (Å²) in [5, 5.41) is 14.4. The number of carbonyl (C=O) groups is 1. The van der Waals surface area contributed by atoms with Crippen molar-refractivity contribution in [2.75, 3.05) is 0 Å². The highest BCUT2D eigenvalue weighted by Crippen LogP contribution is 2.17. The van der Waals surface area contributed by atoms with Gasteiger partial charge in [0, 0.05) is 17.0 Å². The van der Waals surface area contributed by atoms with E-state index < -0.39 is 6.10 Å². The van der Waals surface area contributed by atoms with E-state index in [1.165, 1.54) is 6.21 Å². The van der Waals surface area contributed by atoms with Crippen molar-refractivity contribution in [1.29, 1.82) is 0 Å². The fourth-order valence-corrected chi connectivity index (χ4v) is 2.10. The van der Waals surface area contributed by atoms with E-state index >= 15 is 0 Å². The molecule has 0 aromatic heterocycles. The Morgan fingerprint density at radius 3 is 2.59 bits per heavy atom. The maximum absolute atomic E-state index is 11.7. The van der Waals surface area contributed by atoms with Crippen LogP contribution in [0, 0.1) is 0 Å². The topological polar surface area (TPSA) is 61.7 Å². The molecule has 4 nitrogen and oxygen atoms in total. The Balaban J connectivity index is 1.78. The van der Waals surface area contributed by atoms with Crippen molar-refractivity contribution in [3.05, 3.63) is 70.7 Å². The lowest BCUT2D eigenvalue weighted by Crippen LogP contribution is -2.18. The molecule has 1 atom stereocenters. The minimum atomic E-state index is -0.653. The summed E-state index contributed by atoms with van der Waals surface area (Å²) in [6.45, 7) is 0. The van der Waals surface area contributed by atoms with Crippen LogP contribution in [-0.4, -0.2) is 17.2 Å². The molecule has 0 radical (unpaired) electrons. The molecule has 0 aliphatic heterocycles. The quantitative estimate of drug-likeness (QED) is 0.634. The highest BCUT2D eigenvalue weighted by molar-refractivity contribution is 6.33. The third-order valence-corrected chi connectivity index (χ3v) is 3.47. The number of hydrazone groups is 1. The number of benzene rings is 2. The van der Waals surface area contributed by atoms with Crippen LogP contribution in [-0.2, 0) is 4.79 Å². The molecular formula is C17H17ClN2O2. The number of aliphatic hydroxyl groups excluding tert-OH is 1. The fourth-order valence-electron chi connectivity index (χ4n) is 1.92. The largest absolute Gasteiger partial charge is 0.388 e. The van der Waals surface area contributed by atoms with Gasteiger partial charge in [-0.1, -0.05) is 60.1 Å². The van der Waals surface area contributed by atoms with Crippen LogP contribution in [0.25, 0.3) is 0 Å². The number of nitrogens with zero attached hydrogens (tertiary/aromatic N) is 1. The Morgan fingerprint density at radius 2 is 1.86 bits per heavy atom. The van der Waals surface area contributed by atoms with Crippen molar-refractivity contribution in [1.82, 2.24) is 5.43 Å². The first-order valence-corrected chi connectivity index (χ1v) is 7.34. The number of hydrogen-bond acceptors (Lipinski definition) is 3. The van der Waals surface area contributed by atoms with Gasteiger partial charge < -0.3 is 5.11 Å². The Hall–Kier alpha value is -2.17. The van der Waals surface area contributed by atoms with Crippen LogP contribution in [0.3, 0.4) is 0 Å². The van der Waals surface area contributed by atoms with Crippen molar-refractivity contribution in [2.24, 2.45) is 5.10 Å². The zero-order chi connectivity index (χ0) is 15.8. The molecule has 0 saturated heterocycles. The summed E-state index contributed by atoms with van der Waals surface area (Å²) in [5.41, 5.74) is 3.96. The van der Waals surface area contributed by atoms with Gasteiger partial charge in [0.25, 0.3) is 0 Å². The minimum absolute atomic E-state index is 0.190. The molecule has 0 aliphatic rings. The lowest BCUT2D eigenvalue weighted by Gasteiger charge is -2.09. The average molecular weight is 317 g/mol. The van der Waals surface area contributed by atoms with E-state index in [0.717, 1.165) is 11.1 Å². The Labute approximate surface area is 134 Å². The third kappa shape index (κ3) is 4.98. The van der Waals surface area contributed by atoms with Crippen LogP contribution in [0.5, 0.6) is 0 Å². The SMILES string of the molecule is O=C(CC[C@@H](O)c1ccccc1)N/N=C\c1ccccc1Cl. The van der Waals surface area contributed by atoms with E-state index in [2.05, 4.69) is 10.5 Å². The first-order valence-electron chi connectivity index (χ1n) is 6.96. The van der Waals surface area contributed by atoms with Gasteiger partial charge in [0.1, 0.15) is 0 Å². The predicted molar refractivity (Wildman–Crippen MR) is 87.8 cm³/mol. The van der Waals surface area contributed by atoms with Crippen molar-refractivity contribution in [3.8, 4) is 0 Å². The van der Waals surface area contributed by atoms with Crippen LogP contribution in [0.15, 0.2) is 59.7 Å². The molecule has 0 aliphatic carbocycles. The molecule has 0 spiro atoms. The molecule has 0 heterocycles. The van der Waals surface area contributed by atoms with Crippen LogP contribution in [0.1, 0.15) is 30.1 Å². The molecule has 2 aromatic rings. The summed E-state index contributed by atoms with van der Waals surface area (Å²) in [6.07, 6.45) is 1.38. The Bertz CT molecular complexity index is 644. The fraction of sp³-hybridized carbons (Fsp3) is 0.176. The predicted octanol–water partition coefficient (Wildman–Crippen LogP) is 3.30. The van der Waals surface area contributed by atoms with Gasteiger partial charge in [-0.25, -0.2) is 5.43 Å². The van der Waals surface area contributed by atoms with Crippen LogP contribution in [0.2, 0.25) is 5.02 Å². The summed E-state index contributed by atoms with van der Waals surface area (Å²) < 4.78 is 0. The molecule has 0 bridgehead atoms. The maximum atomic E-state index is 11.7. The van der Waals surface area contributed by atoms with E-state index in [1.807, 2.05) is 42.5 Å². The Kier molecular flexibility index (Phi) is 6.13. The minimum Gasteiger partial charge on any atom is -0.388 e. The summed E-state index contributed by atoms with van der Waals surface area (Å²) in [5.74, 6) is -0.252. The smallest absolute Gasteiger partial charge is 0.240 e. The third-order valence-electron chi connectivity index (χ3n) is 3.13. The number of hydrogen-bond donors (Lipinski definition) is 2.